The molecule has 1 atom stereocenters. The number of carbonyl (C=O) groups excluding carboxylic acids is 3. The van der Waals surface area contributed by atoms with Crippen LogP contribution < -0.4 is 0 Å². The molecule has 0 aromatic heterocycles. The van der Waals surface area contributed by atoms with Crippen LogP contribution in [0.25, 0.3) is 0 Å². The number of rotatable bonds is 58. The third-order valence-corrected chi connectivity index (χ3v) is 13.5. The molecule has 0 N–H and O–H groups in total. The van der Waals surface area contributed by atoms with Gasteiger partial charge in [0.15, 0.2) is 6.10 Å². The molecule has 6 nitrogen and oxygen atoms in total. The summed E-state index contributed by atoms with van der Waals surface area (Å²) in [4.78, 5) is 38.3. The van der Waals surface area contributed by atoms with E-state index >= 15 is 0 Å². The molecule has 0 heterocycles. The topological polar surface area (TPSA) is 78.9 Å². The van der Waals surface area contributed by atoms with E-state index in [0.29, 0.717) is 12.8 Å². The van der Waals surface area contributed by atoms with Crippen LogP contribution in [0.3, 0.4) is 0 Å². The van der Waals surface area contributed by atoms with Crippen molar-refractivity contribution >= 4 is 17.9 Å². The Kier molecular flexibility index (Phi) is 63.9. The molecule has 0 aliphatic carbocycles. The van der Waals surface area contributed by atoms with E-state index in [9.17, 15) is 14.4 Å². The van der Waals surface area contributed by atoms with Crippen molar-refractivity contribution in [2.45, 2.75) is 277 Å². The smallest absolute Gasteiger partial charge is 0.306 e. The SMILES string of the molecule is CC/C=C\C/C=C\C/C=C\C/C=C\C/C=C\C/C=C\C/C=C\C/C=C\C/C=C\C/C=C\CCCCCCC(=O)OCC(COC(=O)CCCCCCCCCCCCCC)OC(=O)CCCCCC/C=C\C/C=C\C/C=C\C/C=C\CC. The Morgan fingerprint density at radius 2 is 0.476 bits per heavy atom. The van der Waals surface area contributed by atoms with Gasteiger partial charge in [0.1, 0.15) is 13.2 Å². The summed E-state index contributed by atoms with van der Waals surface area (Å²) >= 11 is 0. The van der Waals surface area contributed by atoms with E-state index in [1.807, 2.05) is 0 Å². The largest absolute Gasteiger partial charge is 0.462 e. The van der Waals surface area contributed by atoms with Gasteiger partial charge >= 0.3 is 17.9 Å². The summed E-state index contributed by atoms with van der Waals surface area (Å²) in [7, 11) is 0. The second kappa shape index (κ2) is 68.3. The molecule has 0 aliphatic heterocycles. The summed E-state index contributed by atoms with van der Waals surface area (Å²) < 4.78 is 16.9. The number of allylic oxidation sites excluding steroid dienone is 28. The zero-order valence-corrected chi connectivity index (χ0v) is 52.7. The van der Waals surface area contributed by atoms with E-state index in [4.69, 9.17) is 14.2 Å². The van der Waals surface area contributed by atoms with Gasteiger partial charge < -0.3 is 14.2 Å². The minimum Gasteiger partial charge on any atom is -0.462 e. The lowest BCUT2D eigenvalue weighted by atomic mass is 10.0. The maximum atomic E-state index is 12.9. The molecule has 1 unspecified atom stereocenters. The monoisotopic (exact) mass is 1130 g/mol. The third kappa shape index (κ3) is 65.6. The number of unbranched alkanes of at least 4 members (excludes halogenated alkanes) is 19. The molecular weight excluding hydrogens is 1010 g/mol. The Morgan fingerprint density at radius 1 is 0.256 bits per heavy atom. The van der Waals surface area contributed by atoms with Gasteiger partial charge in [-0.2, -0.15) is 0 Å². The van der Waals surface area contributed by atoms with Gasteiger partial charge in [-0.15, -0.1) is 0 Å². The molecule has 0 aromatic carbocycles. The molecule has 0 radical (unpaired) electrons. The van der Waals surface area contributed by atoms with Crippen LogP contribution in [0, 0.1) is 0 Å². The Morgan fingerprint density at radius 3 is 0.744 bits per heavy atom. The molecule has 0 rings (SSSR count). The molecule has 0 aromatic rings. The zero-order chi connectivity index (χ0) is 59.2. The molecule has 6 heteroatoms. The van der Waals surface area contributed by atoms with Crippen molar-refractivity contribution in [3.05, 3.63) is 170 Å². The van der Waals surface area contributed by atoms with Crippen LogP contribution in [-0.4, -0.2) is 37.2 Å². The van der Waals surface area contributed by atoms with Gasteiger partial charge in [-0.25, -0.2) is 0 Å². The highest BCUT2D eigenvalue weighted by atomic mass is 16.6. The lowest BCUT2D eigenvalue weighted by Gasteiger charge is -2.18. The fourth-order valence-corrected chi connectivity index (χ4v) is 8.58. The summed E-state index contributed by atoms with van der Waals surface area (Å²) in [5.74, 6) is -0.954. The van der Waals surface area contributed by atoms with Crippen molar-refractivity contribution in [2.24, 2.45) is 0 Å². The molecule has 0 saturated heterocycles. The Labute approximate surface area is 504 Å². The van der Waals surface area contributed by atoms with Crippen LogP contribution in [-0.2, 0) is 28.6 Å². The van der Waals surface area contributed by atoms with E-state index in [1.54, 1.807) is 0 Å². The lowest BCUT2D eigenvalue weighted by molar-refractivity contribution is -0.167. The van der Waals surface area contributed by atoms with Gasteiger partial charge in [-0.1, -0.05) is 287 Å². The summed E-state index contributed by atoms with van der Waals surface area (Å²) in [6, 6.07) is 0. The van der Waals surface area contributed by atoms with E-state index in [-0.39, 0.29) is 37.5 Å². The molecule has 0 aliphatic rings. The average Bonchev–Trinajstić information content (AvgIpc) is 3.47. The fraction of sp³-hybridized carbons (Fsp3) is 0.592. The van der Waals surface area contributed by atoms with Crippen LogP contribution in [0.4, 0.5) is 0 Å². The van der Waals surface area contributed by atoms with Gasteiger partial charge in [-0.3, -0.25) is 14.4 Å². The van der Waals surface area contributed by atoms with Gasteiger partial charge in [0.2, 0.25) is 0 Å². The predicted octanol–water partition coefficient (Wildman–Crippen LogP) is 23.0. The first-order chi connectivity index (χ1) is 40.5. The van der Waals surface area contributed by atoms with Gasteiger partial charge in [-0.05, 0) is 135 Å². The summed E-state index contributed by atoms with van der Waals surface area (Å²) in [5, 5.41) is 0. The first-order valence-electron chi connectivity index (χ1n) is 33.1. The Balaban J connectivity index is 4.36. The summed E-state index contributed by atoms with van der Waals surface area (Å²) in [6.07, 6.45) is 101. The van der Waals surface area contributed by atoms with Gasteiger partial charge in [0.25, 0.3) is 0 Å². The second-order valence-corrected chi connectivity index (χ2v) is 21.3. The minimum absolute atomic E-state index is 0.101. The highest BCUT2D eigenvalue weighted by Gasteiger charge is 2.19. The minimum atomic E-state index is -0.809. The van der Waals surface area contributed by atoms with E-state index < -0.39 is 6.10 Å². The van der Waals surface area contributed by atoms with Crippen molar-refractivity contribution < 1.29 is 28.6 Å². The molecule has 460 valence electrons. The summed E-state index contributed by atoms with van der Waals surface area (Å²) in [6.45, 7) is 6.36. The van der Waals surface area contributed by atoms with Crippen LogP contribution in [0.15, 0.2) is 170 Å². The fourth-order valence-electron chi connectivity index (χ4n) is 8.58. The Bertz CT molecular complexity index is 1870. The maximum Gasteiger partial charge on any atom is 0.306 e. The standard InChI is InChI=1S/C76H120O6/c1-4-7-10-13-16-19-22-25-27-29-30-31-32-33-34-35-36-37-38-39-40-41-42-43-44-45-46-48-49-51-54-57-60-63-66-69-75(78)81-72-73(71-80-74(77)68-65-62-59-56-53-24-21-18-15-12-9-6-3)82-76(79)70-67-64-61-58-55-52-50-47-28-26-23-20-17-14-11-8-5-2/h7-8,10-11,16-17,19-20,25-28,30-31,33-34,36-37,39-40,42-43,45-46,49-52,73H,4-6,9,12-15,18,21-24,29,32,35,38,41,44,47-48,53-72H2,1-3H3/b10-7-,11-8-,19-16-,20-17-,27-25-,28-26-,31-30-,34-33-,37-36-,40-39-,43-42-,46-45-,51-49-,52-50-. The molecule has 0 saturated carbocycles. The van der Waals surface area contributed by atoms with Crippen molar-refractivity contribution in [2.75, 3.05) is 13.2 Å². The zero-order valence-electron chi connectivity index (χ0n) is 52.7. The maximum absolute atomic E-state index is 12.9. The highest BCUT2D eigenvalue weighted by molar-refractivity contribution is 5.71. The number of carbonyl (C=O) groups is 3. The van der Waals surface area contributed by atoms with E-state index in [0.717, 1.165) is 173 Å². The third-order valence-electron chi connectivity index (χ3n) is 13.5. The van der Waals surface area contributed by atoms with Crippen LogP contribution >= 0.6 is 0 Å². The lowest BCUT2D eigenvalue weighted by Crippen LogP contribution is -2.30. The summed E-state index contributed by atoms with van der Waals surface area (Å²) in [5.41, 5.74) is 0. The Hall–Kier alpha value is -5.23. The molecule has 0 spiro atoms. The quantitative estimate of drug-likeness (QED) is 0.0261. The predicted molar refractivity (Wildman–Crippen MR) is 357 cm³/mol. The normalized spacial score (nSPS) is 13.3. The first-order valence-corrected chi connectivity index (χ1v) is 33.1. The van der Waals surface area contributed by atoms with E-state index in [2.05, 4.69) is 191 Å². The van der Waals surface area contributed by atoms with Crippen molar-refractivity contribution in [3.63, 3.8) is 0 Å². The van der Waals surface area contributed by atoms with Gasteiger partial charge in [0.05, 0.1) is 0 Å². The molecule has 0 fully saturated rings. The number of ether oxygens (including phenoxy) is 3. The molecular formula is C76H120O6. The second-order valence-electron chi connectivity index (χ2n) is 21.3. The first kappa shape index (κ1) is 76.8. The van der Waals surface area contributed by atoms with Crippen molar-refractivity contribution in [1.29, 1.82) is 0 Å². The number of esters is 3. The number of hydrogen-bond acceptors (Lipinski definition) is 6. The van der Waals surface area contributed by atoms with E-state index in [1.165, 1.54) is 57.8 Å². The number of hydrogen-bond donors (Lipinski definition) is 0. The molecule has 0 bridgehead atoms. The molecule has 0 amide bonds. The van der Waals surface area contributed by atoms with Crippen LogP contribution in [0.2, 0.25) is 0 Å². The van der Waals surface area contributed by atoms with Crippen LogP contribution in [0.5, 0.6) is 0 Å². The van der Waals surface area contributed by atoms with Crippen molar-refractivity contribution in [1.82, 2.24) is 0 Å². The molecule has 82 heavy (non-hydrogen) atoms. The average molecular weight is 1130 g/mol. The highest BCUT2D eigenvalue weighted by Crippen LogP contribution is 2.15. The van der Waals surface area contributed by atoms with Gasteiger partial charge in [0, 0.05) is 19.3 Å². The van der Waals surface area contributed by atoms with Crippen molar-refractivity contribution in [3.8, 4) is 0 Å². The van der Waals surface area contributed by atoms with Crippen LogP contribution in [0.1, 0.15) is 271 Å².